The predicted octanol–water partition coefficient (Wildman–Crippen LogP) is 1.55. The second-order valence-corrected chi connectivity index (χ2v) is 5.56. The summed E-state index contributed by atoms with van der Waals surface area (Å²) in [6.45, 7) is 7.93. The second kappa shape index (κ2) is 6.86. The molecule has 1 aliphatic rings. The van der Waals surface area contributed by atoms with E-state index in [0.717, 1.165) is 32.6 Å². The summed E-state index contributed by atoms with van der Waals surface area (Å²) in [5, 5.41) is 0. The SMILES string of the molecule is CC(=O)N1CCCN(C(CN)c2cccc(C)c2)CC1. The van der Waals surface area contributed by atoms with Crippen LogP contribution in [-0.2, 0) is 4.79 Å². The van der Waals surface area contributed by atoms with Crippen molar-refractivity contribution in [2.75, 3.05) is 32.7 Å². The second-order valence-electron chi connectivity index (χ2n) is 5.56. The Kier molecular flexibility index (Phi) is 5.15. The fourth-order valence-corrected chi connectivity index (χ4v) is 2.94. The summed E-state index contributed by atoms with van der Waals surface area (Å²) < 4.78 is 0. The summed E-state index contributed by atoms with van der Waals surface area (Å²) in [6.07, 6.45) is 1.02. The molecule has 110 valence electrons. The van der Waals surface area contributed by atoms with Crippen LogP contribution < -0.4 is 5.73 Å². The minimum atomic E-state index is 0.173. The average Bonchev–Trinajstić information content (AvgIpc) is 2.66. The molecule has 2 rings (SSSR count). The maximum Gasteiger partial charge on any atom is 0.219 e. The van der Waals surface area contributed by atoms with Gasteiger partial charge in [-0.05, 0) is 18.9 Å². The van der Waals surface area contributed by atoms with Crippen LogP contribution in [0.15, 0.2) is 24.3 Å². The molecule has 1 fully saturated rings. The van der Waals surface area contributed by atoms with Gasteiger partial charge in [-0.15, -0.1) is 0 Å². The maximum atomic E-state index is 11.5. The molecule has 1 amide bonds. The molecule has 1 aromatic carbocycles. The molecule has 1 aliphatic heterocycles. The molecule has 0 saturated carbocycles. The lowest BCUT2D eigenvalue weighted by molar-refractivity contribution is -0.128. The standard InChI is InChI=1S/C16H25N3O/c1-13-5-3-6-15(11-13)16(12-17)19-8-4-7-18(9-10-19)14(2)20/h3,5-6,11,16H,4,7-10,12,17H2,1-2H3. The van der Waals surface area contributed by atoms with Crippen molar-refractivity contribution in [2.45, 2.75) is 26.3 Å². The van der Waals surface area contributed by atoms with Crippen LogP contribution in [0.25, 0.3) is 0 Å². The lowest BCUT2D eigenvalue weighted by atomic mass is 10.0. The van der Waals surface area contributed by atoms with Crippen molar-refractivity contribution < 1.29 is 4.79 Å². The highest BCUT2D eigenvalue weighted by molar-refractivity contribution is 5.73. The minimum Gasteiger partial charge on any atom is -0.342 e. The van der Waals surface area contributed by atoms with Crippen molar-refractivity contribution in [2.24, 2.45) is 5.73 Å². The lowest BCUT2D eigenvalue weighted by Crippen LogP contribution is -2.37. The number of aryl methyl sites for hydroxylation is 1. The molecule has 1 aromatic rings. The van der Waals surface area contributed by atoms with Gasteiger partial charge < -0.3 is 10.6 Å². The Morgan fingerprint density at radius 3 is 2.75 bits per heavy atom. The number of rotatable bonds is 3. The third-order valence-electron chi connectivity index (χ3n) is 4.07. The van der Waals surface area contributed by atoms with Gasteiger partial charge in [0.05, 0.1) is 0 Å². The first-order valence-electron chi connectivity index (χ1n) is 7.38. The summed E-state index contributed by atoms with van der Waals surface area (Å²) in [6, 6.07) is 8.81. The van der Waals surface area contributed by atoms with Gasteiger partial charge in [-0.2, -0.15) is 0 Å². The summed E-state index contributed by atoms with van der Waals surface area (Å²) in [5.74, 6) is 0.173. The summed E-state index contributed by atoms with van der Waals surface area (Å²) in [4.78, 5) is 15.8. The number of amides is 1. The van der Waals surface area contributed by atoms with E-state index in [-0.39, 0.29) is 11.9 Å². The molecular formula is C16H25N3O. The molecule has 0 bridgehead atoms. The van der Waals surface area contributed by atoms with Crippen molar-refractivity contribution in [3.8, 4) is 0 Å². The molecule has 0 spiro atoms. The van der Waals surface area contributed by atoms with E-state index < -0.39 is 0 Å². The van der Waals surface area contributed by atoms with E-state index in [1.165, 1.54) is 11.1 Å². The maximum absolute atomic E-state index is 11.5. The normalized spacial score (nSPS) is 18.6. The van der Waals surface area contributed by atoms with Crippen LogP contribution in [0.4, 0.5) is 0 Å². The van der Waals surface area contributed by atoms with Gasteiger partial charge >= 0.3 is 0 Å². The molecular weight excluding hydrogens is 250 g/mol. The Morgan fingerprint density at radius 2 is 2.10 bits per heavy atom. The fraction of sp³-hybridized carbons (Fsp3) is 0.562. The van der Waals surface area contributed by atoms with E-state index in [9.17, 15) is 4.79 Å². The van der Waals surface area contributed by atoms with E-state index >= 15 is 0 Å². The number of carbonyl (C=O) groups excluding carboxylic acids is 1. The van der Waals surface area contributed by atoms with Crippen molar-refractivity contribution in [1.29, 1.82) is 0 Å². The van der Waals surface area contributed by atoms with Crippen LogP contribution in [0, 0.1) is 6.92 Å². The molecule has 1 atom stereocenters. The highest BCUT2D eigenvalue weighted by Crippen LogP contribution is 2.22. The van der Waals surface area contributed by atoms with Gasteiger partial charge in [-0.1, -0.05) is 29.8 Å². The number of nitrogens with two attached hydrogens (primary N) is 1. The molecule has 2 N–H and O–H groups in total. The van der Waals surface area contributed by atoms with Crippen molar-refractivity contribution in [3.63, 3.8) is 0 Å². The first-order valence-corrected chi connectivity index (χ1v) is 7.38. The predicted molar refractivity (Wildman–Crippen MR) is 81.4 cm³/mol. The highest BCUT2D eigenvalue weighted by atomic mass is 16.2. The quantitative estimate of drug-likeness (QED) is 0.910. The van der Waals surface area contributed by atoms with Crippen LogP contribution in [0.2, 0.25) is 0 Å². The molecule has 0 radical (unpaired) electrons. The number of nitrogens with zero attached hydrogens (tertiary/aromatic N) is 2. The lowest BCUT2D eigenvalue weighted by Gasteiger charge is -2.30. The van der Waals surface area contributed by atoms with E-state index in [2.05, 4.69) is 36.1 Å². The first-order chi connectivity index (χ1) is 9.61. The zero-order valence-electron chi connectivity index (χ0n) is 12.5. The molecule has 4 nitrogen and oxygen atoms in total. The zero-order valence-corrected chi connectivity index (χ0v) is 12.5. The van der Waals surface area contributed by atoms with Gasteiger partial charge in [0, 0.05) is 45.7 Å². The molecule has 0 aliphatic carbocycles. The third-order valence-corrected chi connectivity index (χ3v) is 4.07. The van der Waals surface area contributed by atoms with Gasteiger partial charge in [0.15, 0.2) is 0 Å². The first kappa shape index (κ1) is 15.0. The Hall–Kier alpha value is -1.39. The summed E-state index contributed by atoms with van der Waals surface area (Å²) >= 11 is 0. The fourth-order valence-electron chi connectivity index (χ4n) is 2.94. The Morgan fingerprint density at radius 1 is 1.30 bits per heavy atom. The van der Waals surface area contributed by atoms with E-state index in [0.29, 0.717) is 6.54 Å². The van der Waals surface area contributed by atoms with Crippen molar-refractivity contribution >= 4 is 5.91 Å². The van der Waals surface area contributed by atoms with Gasteiger partial charge in [0.2, 0.25) is 5.91 Å². The topological polar surface area (TPSA) is 49.6 Å². The number of carbonyl (C=O) groups is 1. The number of hydrogen-bond donors (Lipinski definition) is 1. The summed E-state index contributed by atoms with van der Waals surface area (Å²) in [7, 11) is 0. The highest BCUT2D eigenvalue weighted by Gasteiger charge is 2.23. The molecule has 4 heteroatoms. The van der Waals surface area contributed by atoms with E-state index in [4.69, 9.17) is 5.73 Å². The van der Waals surface area contributed by atoms with Crippen LogP contribution in [-0.4, -0.2) is 48.4 Å². The summed E-state index contributed by atoms with van der Waals surface area (Å²) in [5.41, 5.74) is 8.56. The van der Waals surface area contributed by atoms with Gasteiger partial charge in [0.1, 0.15) is 0 Å². The van der Waals surface area contributed by atoms with Crippen LogP contribution in [0.1, 0.15) is 30.5 Å². The zero-order chi connectivity index (χ0) is 14.5. The van der Waals surface area contributed by atoms with Crippen molar-refractivity contribution in [3.05, 3.63) is 35.4 Å². The number of hydrogen-bond acceptors (Lipinski definition) is 3. The monoisotopic (exact) mass is 275 g/mol. The van der Waals surface area contributed by atoms with Crippen LogP contribution >= 0.6 is 0 Å². The molecule has 1 unspecified atom stereocenters. The Bertz CT molecular complexity index is 461. The van der Waals surface area contributed by atoms with Gasteiger partial charge in [0.25, 0.3) is 0 Å². The average molecular weight is 275 g/mol. The third kappa shape index (κ3) is 3.58. The van der Waals surface area contributed by atoms with Crippen molar-refractivity contribution in [1.82, 2.24) is 9.80 Å². The molecule has 0 aromatic heterocycles. The smallest absolute Gasteiger partial charge is 0.219 e. The molecule has 1 saturated heterocycles. The van der Waals surface area contributed by atoms with Crippen LogP contribution in [0.5, 0.6) is 0 Å². The minimum absolute atomic E-state index is 0.173. The Balaban J connectivity index is 2.10. The molecule has 20 heavy (non-hydrogen) atoms. The number of benzene rings is 1. The van der Waals surface area contributed by atoms with E-state index in [1.54, 1.807) is 6.92 Å². The molecule has 1 heterocycles. The van der Waals surface area contributed by atoms with Gasteiger partial charge in [-0.3, -0.25) is 9.69 Å². The van der Waals surface area contributed by atoms with E-state index in [1.807, 2.05) is 4.90 Å². The Labute approximate surface area is 121 Å². The van der Waals surface area contributed by atoms with Crippen LogP contribution in [0.3, 0.4) is 0 Å². The largest absolute Gasteiger partial charge is 0.342 e. The van der Waals surface area contributed by atoms with Gasteiger partial charge in [-0.25, -0.2) is 0 Å².